The molecule has 0 amide bonds. The van der Waals surface area contributed by atoms with Crippen LogP contribution in [0.1, 0.15) is 26.7 Å². The Bertz CT molecular complexity index is 372. The standard InChI is InChI=1S/C13H19FN2/c1-9(2)16(8-10-3-4-10)13-6-5-11(14)7-12(13)15/h5-7,9-10H,3-4,8,15H2,1-2H3. The predicted octanol–water partition coefficient (Wildman–Crippen LogP) is 3.03. The number of hydrogen-bond acceptors (Lipinski definition) is 2. The van der Waals surface area contributed by atoms with E-state index in [0.29, 0.717) is 11.7 Å². The quantitative estimate of drug-likeness (QED) is 0.793. The van der Waals surface area contributed by atoms with Gasteiger partial charge in [-0.1, -0.05) is 0 Å². The molecule has 2 rings (SSSR count). The van der Waals surface area contributed by atoms with Gasteiger partial charge in [0, 0.05) is 12.6 Å². The Morgan fingerprint density at radius 1 is 1.44 bits per heavy atom. The van der Waals surface area contributed by atoms with Crippen molar-refractivity contribution in [2.24, 2.45) is 5.92 Å². The molecule has 0 aromatic heterocycles. The van der Waals surface area contributed by atoms with Crippen molar-refractivity contribution in [3.63, 3.8) is 0 Å². The van der Waals surface area contributed by atoms with Gasteiger partial charge in [0.15, 0.2) is 0 Å². The SMILES string of the molecule is CC(C)N(CC1CC1)c1ccc(F)cc1N. The third-order valence-corrected chi connectivity index (χ3v) is 3.07. The van der Waals surface area contributed by atoms with E-state index >= 15 is 0 Å². The van der Waals surface area contributed by atoms with Crippen molar-refractivity contribution in [3.05, 3.63) is 24.0 Å². The van der Waals surface area contributed by atoms with Gasteiger partial charge in [-0.3, -0.25) is 0 Å². The maximum Gasteiger partial charge on any atom is 0.125 e. The van der Waals surface area contributed by atoms with Crippen molar-refractivity contribution >= 4 is 11.4 Å². The van der Waals surface area contributed by atoms with Crippen molar-refractivity contribution in [3.8, 4) is 0 Å². The number of benzene rings is 1. The monoisotopic (exact) mass is 222 g/mol. The summed E-state index contributed by atoms with van der Waals surface area (Å²) in [7, 11) is 0. The number of hydrogen-bond donors (Lipinski definition) is 1. The van der Waals surface area contributed by atoms with Gasteiger partial charge >= 0.3 is 0 Å². The second kappa shape index (κ2) is 4.32. The summed E-state index contributed by atoms with van der Waals surface area (Å²) in [5.41, 5.74) is 7.37. The van der Waals surface area contributed by atoms with Gasteiger partial charge in [-0.25, -0.2) is 4.39 Å². The minimum atomic E-state index is -0.267. The summed E-state index contributed by atoms with van der Waals surface area (Å²) in [4.78, 5) is 2.27. The molecule has 0 unspecified atom stereocenters. The lowest BCUT2D eigenvalue weighted by Crippen LogP contribution is -2.33. The van der Waals surface area contributed by atoms with Gasteiger partial charge in [0.2, 0.25) is 0 Å². The second-order valence-electron chi connectivity index (χ2n) is 4.89. The van der Waals surface area contributed by atoms with E-state index in [9.17, 15) is 4.39 Å². The fraction of sp³-hybridized carbons (Fsp3) is 0.538. The van der Waals surface area contributed by atoms with Gasteiger partial charge in [-0.15, -0.1) is 0 Å². The molecule has 1 aliphatic rings. The highest BCUT2D eigenvalue weighted by atomic mass is 19.1. The van der Waals surface area contributed by atoms with Gasteiger partial charge in [0.05, 0.1) is 11.4 Å². The molecule has 1 aromatic rings. The first-order chi connectivity index (χ1) is 7.58. The zero-order valence-corrected chi connectivity index (χ0v) is 9.91. The number of nitrogens with zero attached hydrogens (tertiary/aromatic N) is 1. The summed E-state index contributed by atoms with van der Waals surface area (Å²) in [6, 6.07) is 5.06. The van der Waals surface area contributed by atoms with Gasteiger partial charge in [-0.2, -0.15) is 0 Å². The minimum Gasteiger partial charge on any atom is -0.397 e. The zero-order chi connectivity index (χ0) is 11.7. The highest BCUT2D eigenvalue weighted by Crippen LogP contribution is 2.34. The first-order valence-corrected chi connectivity index (χ1v) is 5.89. The Morgan fingerprint density at radius 3 is 2.62 bits per heavy atom. The predicted molar refractivity (Wildman–Crippen MR) is 66.0 cm³/mol. The van der Waals surface area contributed by atoms with Crippen LogP contribution in [0, 0.1) is 11.7 Å². The highest BCUT2D eigenvalue weighted by molar-refractivity contribution is 5.67. The normalized spacial score (nSPS) is 15.5. The molecule has 0 bridgehead atoms. The van der Waals surface area contributed by atoms with Crippen LogP contribution in [-0.4, -0.2) is 12.6 Å². The first kappa shape index (κ1) is 11.2. The van der Waals surface area contributed by atoms with E-state index < -0.39 is 0 Å². The maximum atomic E-state index is 13.0. The average molecular weight is 222 g/mol. The number of rotatable bonds is 4. The van der Waals surface area contributed by atoms with E-state index in [0.717, 1.165) is 18.2 Å². The Labute approximate surface area is 96.2 Å². The van der Waals surface area contributed by atoms with Crippen LogP contribution in [0.3, 0.4) is 0 Å². The minimum absolute atomic E-state index is 0.267. The average Bonchev–Trinajstić information content (AvgIpc) is 2.98. The Morgan fingerprint density at radius 2 is 2.12 bits per heavy atom. The third kappa shape index (κ3) is 2.46. The lowest BCUT2D eigenvalue weighted by atomic mass is 10.2. The molecule has 1 aromatic carbocycles. The molecular formula is C13H19FN2. The van der Waals surface area contributed by atoms with Crippen molar-refractivity contribution in [1.29, 1.82) is 0 Å². The van der Waals surface area contributed by atoms with Crippen LogP contribution in [0.15, 0.2) is 18.2 Å². The van der Waals surface area contributed by atoms with Crippen LogP contribution in [0.2, 0.25) is 0 Å². The summed E-state index contributed by atoms with van der Waals surface area (Å²) < 4.78 is 13.0. The fourth-order valence-electron chi connectivity index (χ4n) is 1.95. The molecule has 0 aliphatic heterocycles. The molecule has 3 heteroatoms. The lowest BCUT2D eigenvalue weighted by Gasteiger charge is -2.30. The third-order valence-electron chi connectivity index (χ3n) is 3.07. The second-order valence-corrected chi connectivity index (χ2v) is 4.89. The number of nitrogens with two attached hydrogens (primary N) is 1. The fourth-order valence-corrected chi connectivity index (χ4v) is 1.95. The summed E-state index contributed by atoms with van der Waals surface area (Å²) >= 11 is 0. The molecule has 0 atom stereocenters. The van der Waals surface area contributed by atoms with Crippen LogP contribution in [0.5, 0.6) is 0 Å². The highest BCUT2D eigenvalue weighted by Gasteiger charge is 2.26. The topological polar surface area (TPSA) is 29.3 Å². The molecule has 1 aliphatic carbocycles. The van der Waals surface area contributed by atoms with E-state index in [1.165, 1.54) is 25.0 Å². The summed E-state index contributed by atoms with van der Waals surface area (Å²) in [5.74, 6) is 0.531. The zero-order valence-electron chi connectivity index (χ0n) is 9.91. The van der Waals surface area contributed by atoms with Crippen LogP contribution in [0.4, 0.5) is 15.8 Å². The van der Waals surface area contributed by atoms with E-state index in [1.807, 2.05) is 0 Å². The smallest absolute Gasteiger partial charge is 0.125 e. The Hall–Kier alpha value is -1.25. The van der Waals surface area contributed by atoms with Crippen LogP contribution >= 0.6 is 0 Å². The first-order valence-electron chi connectivity index (χ1n) is 5.89. The van der Waals surface area contributed by atoms with Crippen LogP contribution < -0.4 is 10.6 Å². The summed E-state index contributed by atoms with van der Waals surface area (Å²) in [6.45, 7) is 5.32. The van der Waals surface area contributed by atoms with Crippen molar-refractivity contribution in [2.45, 2.75) is 32.7 Å². The number of anilines is 2. The molecular weight excluding hydrogens is 203 g/mol. The molecule has 0 radical (unpaired) electrons. The van der Waals surface area contributed by atoms with Gasteiger partial charge in [-0.05, 0) is 50.8 Å². The van der Waals surface area contributed by atoms with Crippen molar-refractivity contribution in [2.75, 3.05) is 17.2 Å². The largest absolute Gasteiger partial charge is 0.397 e. The Kier molecular flexibility index (Phi) is 3.03. The number of nitrogen functional groups attached to an aromatic ring is 1. The molecule has 2 nitrogen and oxygen atoms in total. The molecule has 0 saturated heterocycles. The molecule has 0 spiro atoms. The molecule has 1 fully saturated rings. The van der Waals surface area contributed by atoms with Crippen LogP contribution in [-0.2, 0) is 0 Å². The number of halogens is 1. The molecule has 16 heavy (non-hydrogen) atoms. The van der Waals surface area contributed by atoms with E-state index in [4.69, 9.17) is 5.73 Å². The van der Waals surface area contributed by atoms with E-state index in [-0.39, 0.29) is 5.82 Å². The summed E-state index contributed by atoms with van der Waals surface area (Å²) in [5, 5.41) is 0. The maximum absolute atomic E-state index is 13.0. The van der Waals surface area contributed by atoms with E-state index in [1.54, 1.807) is 6.07 Å². The Balaban J connectivity index is 2.22. The van der Waals surface area contributed by atoms with Crippen LogP contribution in [0.25, 0.3) is 0 Å². The summed E-state index contributed by atoms with van der Waals surface area (Å²) in [6.07, 6.45) is 2.62. The molecule has 88 valence electrons. The van der Waals surface area contributed by atoms with Crippen molar-refractivity contribution in [1.82, 2.24) is 0 Å². The van der Waals surface area contributed by atoms with E-state index in [2.05, 4.69) is 18.7 Å². The van der Waals surface area contributed by atoms with Gasteiger partial charge < -0.3 is 10.6 Å². The molecule has 1 saturated carbocycles. The molecule has 2 N–H and O–H groups in total. The van der Waals surface area contributed by atoms with Gasteiger partial charge in [0.1, 0.15) is 5.82 Å². The lowest BCUT2D eigenvalue weighted by molar-refractivity contribution is 0.623. The van der Waals surface area contributed by atoms with Gasteiger partial charge in [0.25, 0.3) is 0 Å². The van der Waals surface area contributed by atoms with Crippen molar-refractivity contribution < 1.29 is 4.39 Å². The molecule has 0 heterocycles.